The highest BCUT2D eigenvalue weighted by Crippen LogP contribution is 2.13. The van der Waals surface area contributed by atoms with Crippen molar-refractivity contribution in [2.24, 2.45) is 5.73 Å². The molecule has 1 aromatic rings. The Hall–Kier alpha value is -0.940. The van der Waals surface area contributed by atoms with Gasteiger partial charge in [-0.2, -0.15) is 0 Å². The SMILES string of the molecule is CC(N)Cc1ncc(C(=O)O)s1. The standard InChI is InChI=1S/C7H10N2O2S/c1-4(8)2-6-9-3-5(12-6)7(10)11/h3-4H,2,8H2,1H3,(H,10,11). The molecule has 1 heterocycles. The first-order valence-electron chi connectivity index (χ1n) is 3.53. The summed E-state index contributed by atoms with van der Waals surface area (Å²) < 4.78 is 0. The van der Waals surface area contributed by atoms with Crippen LogP contribution in [-0.4, -0.2) is 22.1 Å². The number of thiazole rings is 1. The van der Waals surface area contributed by atoms with Gasteiger partial charge in [-0.3, -0.25) is 0 Å². The highest BCUT2D eigenvalue weighted by atomic mass is 32.1. The molecule has 0 radical (unpaired) electrons. The molecule has 0 saturated heterocycles. The van der Waals surface area contributed by atoms with Crippen molar-refractivity contribution in [3.8, 4) is 0 Å². The van der Waals surface area contributed by atoms with E-state index in [4.69, 9.17) is 10.8 Å². The maximum Gasteiger partial charge on any atom is 0.347 e. The maximum atomic E-state index is 10.4. The van der Waals surface area contributed by atoms with Crippen LogP contribution in [0.4, 0.5) is 0 Å². The number of aromatic carboxylic acids is 1. The van der Waals surface area contributed by atoms with E-state index >= 15 is 0 Å². The van der Waals surface area contributed by atoms with Gasteiger partial charge < -0.3 is 10.8 Å². The summed E-state index contributed by atoms with van der Waals surface area (Å²) in [6.45, 7) is 1.86. The average Bonchev–Trinajstić information content (AvgIpc) is 2.34. The van der Waals surface area contributed by atoms with E-state index in [0.29, 0.717) is 6.42 Å². The molecule has 0 amide bonds. The van der Waals surface area contributed by atoms with Crippen LogP contribution in [-0.2, 0) is 6.42 Å². The van der Waals surface area contributed by atoms with Crippen molar-refractivity contribution in [3.63, 3.8) is 0 Å². The van der Waals surface area contributed by atoms with Crippen LogP contribution in [0.5, 0.6) is 0 Å². The number of hydrogen-bond acceptors (Lipinski definition) is 4. The van der Waals surface area contributed by atoms with Gasteiger partial charge in [0.15, 0.2) is 0 Å². The van der Waals surface area contributed by atoms with Crippen LogP contribution in [0.3, 0.4) is 0 Å². The molecule has 0 bridgehead atoms. The van der Waals surface area contributed by atoms with Gasteiger partial charge in [0.1, 0.15) is 4.88 Å². The van der Waals surface area contributed by atoms with Gasteiger partial charge in [-0.25, -0.2) is 9.78 Å². The second kappa shape index (κ2) is 3.64. The van der Waals surface area contributed by atoms with E-state index in [0.717, 1.165) is 5.01 Å². The molecule has 4 nitrogen and oxygen atoms in total. The van der Waals surface area contributed by atoms with Crippen LogP contribution >= 0.6 is 11.3 Å². The Morgan fingerprint density at radius 3 is 3.00 bits per heavy atom. The summed E-state index contributed by atoms with van der Waals surface area (Å²) in [7, 11) is 0. The van der Waals surface area contributed by atoms with Gasteiger partial charge in [0.25, 0.3) is 0 Å². The summed E-state index contributed by atoms with van der Waals surface area (Å²) in [6, 6.07) is 0.0257. The summed E-state index contributed by atoms with van der Waals surface area (Å²) in [6.07, 6.45) is 2.00. The van der Waals surface area contributed by atoms with Crippen molar-refractivity contribution < 1.29 is 9.90 Å². The van der Waals surface area contributed by atoms with Crippen LogP contribution in [0, 0.1) is 0 Å². The van der Waals surface area contributed by atoms with E-state index in [-0.39, 0.29) is 10.9 Å². The minimum Gasteiger partial charge on any atom is -0.477 e. The van der Waals surface area contributed by atoms with Crippen molar-refractivity contribution in [3.05, 3.63) is 16.1 Å². The van der Waals surface area contributed by atoms with E-state index in [1.807, 2.05) is 6.92 Å². The third-order valence-electron chi connectivity index (χ3n) is 1.26. The van der Waals surface area contributed by atoms with E-state index in [9.17, 15) is 4.79 Å². The van der Waals surface area contributed by atoms with Crippen molar-refractivity contribution in [2.75, 3.05) is 0 Å². The van der Waals surface area contributed by atoms with Crippen molar-refractivity contribution in [1.29, 1.82) is 0 Å². The third-order valence-corrected chi connectivity index (χ3v) is 2.27. The Morgan fingerprint density at radius 2 is 2.58 bits per heavy atom. The number of nitrogens with zero attached hydrogens (tertiary/aromatic N) is 1. The van der Waals surface area contributed by atoms with Gasteiger partial charge in [0, 0.05) is 12.5 Å². The number of carboxylic acid groups (broad SMARTS) is 1. The highest BCUT2D eigenvalue weighted by molar-refractivity contribution is 7.13. The van der Waals surface area contributed by atoms with Gasteiger partial charge in [-0.15, -0.1) is 11.3 Å². The molecule has 1 aromatic heterocycles. The van der Waals surface area contributed by atoms with Gasteiger partial charge in [-0.1, -0.05) is 0 Å². The zero-order valence-corrected chi connectivity index (χ0v) is 7.47. The fourth-order valence-electron chi connectivity index (χ4n) is 0.779. The highest BCUT2D eigenvalue weighted by Gasteiger charge is 2.08. The second-order valence-electron chi connectivity index (χ2n) is 2.60. The topological polar surface area (TPSA) is 76.2 Å². The van der Waals surface area contributed by atoms with E-state index < -0.39 is 5.97 Å². The number of carbonyl (C=O) groups is 1. The lowest BCUT2D eigenvalue weighted by atomic mass is 10.3. The lowest BCUT2D eigenvalue weighted by molar-refractivity contribution is 0.0702. The minimum absolute atomic E-state index is 0.0257. The predicted molar refractivity (Wildman–Crippen MR) is 46.4 cm³/mol. The summed E-state index contributed by atoms with van der Waals surface area (Å²) >= 11 is 1.18. The molecule has 3 N–H and O–H groups in total. The predicted octanol–water partition coefficient (Wildman–Crippen LogP) is 0.731. The van der Waals surface area contributed by atoms with E-state index in [2.05, 4.69) is 4.98 Å². The molecule has 1 atom stereocenters. The summed E-state index contributed by atoms with van der Waals surface area (Å²) in [4.78, 5) is 14.6. The van der Waals surface area contributed by atoms with Crippen LogP contribution in [0.25, 0.3) is 0 Å². The summed E-state index contributed by atoms with van der Waals surface area (Å²) in [5.74, 6) is -0.927. The Kier molecular flexibility index (Phi) is 2.78. The first-order chi connectivity index (χ1) is 5.59. The van der Waals surface area contributed by atoms with Gasteiger partial charge >= 0.3 is 5.97 Å². The van der Waals surface area contributed by atoms with Crippen molar-refractivity contribution >= 4 is 17.3 Å². The Morgan fingerprint density at radius 1 is 1.92 bits per heavy atom. The molecule has 0 aromatic carbocycles. The zero-order valence-electron chi connectivity index (χ0n) is 6.65. The number of carboxylic acids is 1. The second-order valence-corrected chi connectivity index (χ2v) is 3.72. The first-order valence-corrected chi connectivity index (χ1v) is 4.35. The largest absolute Gasteiger partial charge is 0.477 e. The molecule has 0 spiro atoms. The molecule has 0 aliphatic heterocycles. The van der Waals surface area contributed by atoms with E-state index in [1.165, 1.54) is 17.5 Å². The van der Waals surface area contributed by atoms with Crippen molar-refractivity contribution in [2.45, 2.75) is 19.4 Å². The zero-order chi connectivity index (χ0) is 9.14. The normalized spacial score (nSPS) is 12.8. The molecule has 66 valence electrons. The maximum absolute atomic E-state index is 10.4. The van der Waals surface area contributed by atoms with Crippen LogP contribution in [0.2, 0.25) is 0 Å². The number of nitrogens with two attached hydrogens (primary N) is 1. The molecule has 0 aliphatic rings. The molecule has 0 fully saturated rings. The fourth-order valence-corrected chi connectivity index (χ4v) is 1.68. The first kappa shape index (κ1) is 9.15. The molecule has 1 unspecified atom stereocenters. The minimum atomic E-state index is -0.927. The van der Waals surface area contributed by atoms with Crippen molar-refractivity contribution in [1.82, 2.24) is 4.98 Å². The van der Waals surface area contributed by atoms with Gasteiger partial charge in [0.05, 0.1) is 11.2 Å². The molecular weight excluding hydrogens is 176 g/mol. The smallest absolute Gasteiger partial charge is 0.347 e. The van der Waals surface area contributed by atoms with Crippen LogP contribution in [0.15, 0.2) is 6.20 Å². The third kappa shape index (κ3) is 2.28. The average molecular weight is 186 g/mol. The van der Waals surface area contributed by atoms with Crippen LogP contribution in [0.1, 0.15) is 21.6 Å². The number of rotatable bonds is 3. The Bertz CT molecular complexity index is 283. The van der Waals surface area contributed by atoms with Gasteiger partial charge in [0.2, 0.25) is 0 Å². The quantitative estimate of drug-likeness (QED) is 0.729. The molecule has 1 rings (SSSR count). The lowest BCUT2D eigenvalue weighted by Gasteiger charge is -1.98. The summed E-state index contributed by atoms with van der Waals surface area (Å²) in [5, 5.41) is 9.35. The molecule has 5 heteroatoms. The Balaban J connectivity index is 2.71. The molecule has 0 saturated carbocycles. The Labute approximate surface area is 74.0 Å². The molecule has 0 aliphatic carbocycles. The van der Waals surface area contributed by atoms with Crippen LogP contribution < -0.4 is 5.73 Å². The van der Waals surface area contributed by atoms with Gasteiger partial charge in [-0.05, 0) is 6.92 Å². The summed E-state index contributed by atoms with van der Waals surface area (Å²) in [5.41, 5.74) is 5.53. The lowest BCUT2D eigenvalue weighted by Crippen LogP contribution is -2.17. The number of hydrogen-bond donors (Lipinski definition) is 2. The molecule has 12 heavy (non-hydrogen) atoms. The fraction of sp³-hybridized carbons (Fsp3) is 0.429. The monoisotopic (exact) mass is 186 g/mol. The van der Waals surface area contributed by atoms with E-state index in [1.54, 1.807) is 0 Å². The molecular formula is C7H10N2O2S. The number of aromatic nitrogens is 1.